The Hall–Kier alpha value is -3.48. The molecule has 2 amide bonds. The number of aliphatic hydroxyl groups excluding tert-OH is 3. The third-order valence-electron chi connectivity index (χ3n) is 8.13. The van der Waals surface area contributed by atoms with Crippen LogP contribution < -0.4 is 14.8 Å². The third-order valence-corrected chi connectivity index (χ3v) is 8.13. The van der Waals surface area contributed by atoms with E-state index in [-0.39, 0.29) is 32.1 Å². The fourth-order valence-electron chi connectivity index (χ4n) is 6.00. The topological polar surface area (TPSA) is 141 Å². The number of benzene rings is 2. The quantitative estimate of drug-likeness (QED) is 0.293. The van der Waals surface area contributed by atoms with E-state index < -0.39 is 30.1 Å². The molecule has 11 heteroatoms. The number of morpholine rings is 1. The van der Waals surface area contributed by atoms with Gasteiger partial charge >= 0.3 is 0 Å². The zero-order valence-corrected chi connectivity index (χ0v) is 23.8. The van der Waals surface area contributed by atoms with Crippen molar-refractivity contribution in [2.75, 3.05) is 59.7 Å². The molecule has 1 saturated heterocycles. The summed E-state index contributed by atoms with van der Waals surface area (Å²) in [7, 11) is 1.49. The highest BCUT2D eigenvalue weighted by atomic mass is 16.5. The van der Waals surface area contributed by atoms with Gasteiger partial charge in [0.25, 0.3) is 0 Å². The van der Waals surface area contributed by atoms with Gasteiger partial charge in [-0.15, -0.1) is 0 Å². The molecule has 0 unspecified atom stereocenters. The molecule has 1 aliphatic carbocycles. The van der Waals surface area contributed by atoms with Gasteiger partial charge in [0, 0.05) is 43.9 Å². The molecule has 2 aromatic carbocycles. The van der Waals surface area contributed by atoms with Crippen LogP contribution in [0.3, 0.4) is 0 Å². The first-order valence-corrected chi connectivity index (χ1v) is 14.4. The van der Waals surface area contributed by atoms with Crippen LogP contribution in [0.25, 0.3) is 0 Å². The molecule has 0 radical (unpaired) electrons. The van der Waals surface area contributed by atoms with Gasteiger partial charge in [-0.1, -0.05) is 30.3 Å². The SMILES string of the molecule is COc1cc(CO)cc2c1O[C@@H]1[C@@H](O)[C@H](N(CCN3CCOCC3)C(=O)Cc3ccccc3)C=C(C(=O)NCCO)[C@H]21. The summed E-state index contributed by atoms with van der Waals surface area (Å²) in [5.41, 5.74) is 2.36. The Balaban J connectivity index is 1.53. The summed E-state index contributed by atoms with van der Waals surface area (Å²) >= 11 is 0. The average molecular weight is 582 g/mol. The highest BCUT2D eigenvalue weighted by Gasteiger charge is 2.51. The summed E-state index contributed by atoms with van der Waals surface area (Å²) in [4.78, 5) is 31.3. The Kier molecular flexibility index (Phi) is 9.76. The van der Waals surface area contributed by atoms with Crippen molar-refractivity contribution in [1.29, 1.82) is 0 Å². The van der Waals surface area contributed by atoms with Gasteiger partial charge in [-0.05, 0) is 29.3 Å². The van der Waals surface area contributed by atoms with Gasteiger partial charge in [0.15, 0.2) is 11.5 Å². The molecule has 42 heavy (non-hydrogen) atoms. The first-order chi connectivity index (χ1) is 20.4. The van der Waals surface area contributed by atoms with Crippen LogP contribution in [0.2, 0.25) is 0 Å². The number of hydrogen-bond donors (Lipinski definition) is 4. The molecule has 0 spiro atoms. The predicted octanol–water partition coefficient (Wildman–Crippen LogP) is 0.214. The molecule has 1 fully saturated rings. The number of aliphatic hydroxyl groups is 3. The van der Waals surface area contributed by atoms with Crippen LogP contribution in [0.4, 0.5) is 0 Å². The van der Waals surface area contributed by atoms with E-state index in [9.17, 15) is 24.9 Å². The standard InChI is InChI=1S/C31H39N3O8/c1-40-25-16-21(19-36)15-22-27-23(31(39)32-7-12-35)18-24(28(38)30(27)42-29(22)25)34(9-8-33-10-13-41-14-11-33)26(37)17-20-5-3-2-4-6-20/h2-6,15-16,18,24,27-28,30,35-36,38H,7-14,17,19H2,1H3,(H,32,39)/t24-,27+,28+,30+/m1/s1. The van der Waals surface area contributed by atoms with Gasteiger partial charge < -0.3 is 39.7 Å². The normalized spacial score (nSPS) is 23.3. The van der Waals surface area contributed by atoms with E-state index in [1.54, 1.807) is 23.1 Å². The van der Waals surface area contributed by atoms with Crippen LogP contribution in [-0.2, 0) is 27.4 Å². The van der Waals surface area contributed by atoms with Crippen LogP contribution in [-0.4, -0.2) is 115 Å². The van der Waals surface area contributed by atoms with Gasteiger partial charge in [-0.2, -0.15) is 0 Å². The number of ether oxygens (including phenoxy) is 3. The lowest BCUT2D eigenvalue weighted by molar-refractivity contribution is -0.137. The monoisotopic (exact) mass is 581 g/mol. The van der Waals surface area contributed by atoms with Crippen LogP contribution in [0.5, 0.6) is 11.5 Å². The molecule has 2 heterocycles. The summed E-state index contributed by atoms with van der Waals surface area (Å²) in [5.74, 6) is -0.506. The van der Waals surface area contributed by atoms with E-state index in [0.29, 0.717) is 54.5 Å². The number of amides is 2. The van der Waals surface area contributed by atoms with E-state index in [4.69, 9.17) is 14.2 Å². The molecule has 2 aromatic rings. The molecule has 3 aliphatic rings. The highest BCUT2D eigenvalue weighted by molar-refractivity contribution is 5.96. The van der Waals surface area contributed by atoms with E-state index in [0.717, 1.165) is 18.7 Å². The Morgan fingerprint density at radius 1 is 1.12 bits per heavy atom. The fraction of sp³-hybridized carbons (Fsp3) is 0.484. The number of methoxy groups -OCH3 is 1. The van der Waals surface area contributed by atoms with Crippen molar-refractivity contribution in [2.24, 2.45) is 0 Å². The van der Waals surface area contributed by atoms with Crippen LogP contribution in [0, 0.1) is 0 Å². The maximum Gasteiger partial charge on any atom is 0.247 e. The van der Waals surface area contributed by atoms with Crippen molar-refractivity contribution in [3.05, 3.63) is 70.8 Å². The van der Waals surface area contributed by atoms with Crippen molar-refractivity contribution in [3.63, 3.8) is 0 Å². The first-order valence-electron chi connectivity index (χ1n) is 14.4. The number of hydrogen-bond acceptors (Lipinski definition) is 9. The summed E-state index contributed by atoms with van der Waals surface area (Å²) in [5, 5.41) is 33.8. The Morgan fingerprint density at radius 2 is 1.88 bits per heavy atom. The van der Waals surface area contributed by atoms with Crippen molar-refractivity contribution in [3.8, 4) is 11.5 Å². The molecule has 0 saturated carbocycles. The van der Waals surface area contributed by atoms with Crippen molar-refractivity contribution in [2.45, 2.75) is 37.2 Å². The van der Waals surface area contributed by atoms with E-state index in [2.05, 4.69) is 10.2 Å². The van der Waals surface area contributed by atoms with Gasteiger partial charge in [0.1, 0.15) is 12.2 Å². The zero-order chi connectivity index (χ0) is 29.6. The summed E-state index contributed by atoms with van der Waals surface area (Å²) in [6.07, 6.45) is -0.251. The molecule has 226 valence electrons. The molecule has 4 N–H and O–H groups in total. The first kappa shape index (κ1) is 30.0. The predicted molar refractivity (Wildman–Crippen MR) is 153 cm³/mol. The van der Waals surface area contributed by atoms with Gasteiger partial charge in [-0.25, -0.2) is 0 Å². The molecule has 0 bridgehead atoms. The summed E-state index contributed by atoms with van der Waals surface area (Å²) in [6, 6.07) is 12.0. The lowest BCUT2D eigenvalue weighted by Crippen LogP contribution is -2.57. The van der Waals surface area contributed by atoms with Gasteiger partial charge in [0.2, 0.25) is 11.8 Å². The molecule has 4 atom stereocenters. The van der Waals surface area contributed by atoms with Crippen molar-refractivity contribution in [1.82, 2.24) is 15.1 Å². The van der Waals surface area contributed by atoms with Gasteiger partial charge in [0.05, 0.1) is 51.9 Å². The Bertz CT molecular complexity index is 1280. The number of nitrogens with one attached hydrogen (secondary N) is 1. The second kappa shape index (κ2) is 13.7. The minimum absolute atomic E-state index is 0.0438. The van der Waals surface area contributed by atoms with Crippen LogP contribution >= 0.6 is 0 Å². The molecule has 2 aliphatic heterocycles. The number of carbonyl (C=O) groups is 2. The number of nitrogens with zero attached hydrogens (tertiary/aromatic N) is 2. The number of rotatable bonds is 11. The van der Waals surface area contributed by atoms with Gasteiger partial charge in [-0.3, -0.25) is 14.5 Å². The summed E-state index contributed by atoms with van der Waals surface area (Å²) in [6.45, 7) is 3.19. The van der Waals surface area contributed by atoms with E-state index >= 15 is 0 Å². The zero-order valence-electron chi connectivity index (χ0n) is 23.8. The Morgan fingerprint density at radius 3 is 2.57 bits per heavy atom. The minimum atomic E-state index is -1.16. The number of fused-ring (bicyclic) bond motifs is 3. The minimum Gasteiger partial charge on any atom is -0.493 e. The Labute approximate surface area is 245 Å². The molecular formula is C31H39N3O8. The maximum absolute atomic E-state index is 13.9. The highest BCUT2D eigenvalue weighted by Crippen LogP contribution is 2.51. The molecule has 5 rings (SSSR count). The second-order valence-electron chi connectivity index (χ2n) is 10.7. The fourth-order valence-corrected chi connectivity index (χ4v) is 6.00. The van der Waals surface area contributed by atoms with E-state index in [1.807, 2.05) is 30.3 Å². The molecular weight excluding hydrogens is 542 g/mol. The number of carbonyl (C=O) groups excluding carboxylic acids is 2. The average Bonchev–Trinajstić information content (AvgIpc) is 3.41. The van der Waals surface area contributed by atoms with Crippen molar-refractivity contribution >= 4 is 11.8 Å². The van der Waals surface area contributed by atoms with E-state index in [1.165, 1.54) is 7.11 Å². The van der Waals surface area contributed by atoms with Crippen molar-refractivity contribution < 1.29 is 39.1 Å². The van der Waals surface area contributed by atoms with Crippen LogP contribution in [0.15, 0.2) is 54.1 Å². The molecule has 11 nitrogen and oxygen atoms in total. The summed E-state index contributed by atoms with van der Waals surface area (Å²) < 4.78 is 17.3. The third kappa shape index (κ3) is 6.30. The second-order valence-corrected chi connectivity index (χ2v) is 10.7. The molecule has 0 aromatic heterocycles. The lowest BCUT2D eigenvalue weighted by Gasteiger charge is -2.41. The maximum atomic E-state index is 13.9. The lowest BCUT2D eigenvalue weighted by atomic mass is 9.77. The smallest absolute Gasteiger partial charge is 0.247 e. The van der Waals surface area contributed by atoms with Crippen LogP contribution in [0.1, 0.15) is 22.6 Å². The largest absolute Gasteiger partial charge is 0.493 e.